The van der Waals surface area contributed by atoms with Crippen LogP contribution in [0.5, 0.6) is 0 Å². The van der Waals surface area contributed by atoms with Crippen molar-refractivity contribution in [2.24, 2.45) is 0 Å². The highest BCUT2D eigenvalue weighted by molar-refractivity contribution is 5.52. The summed E-state index contributed by atoms with van der Waals surface area (Å²) < 4.78 is 13.1. The molecule has 1 aromatic heterocycles. The normalized spacial score (nSPS) is 10.4. The zero-order valence-corrected chi connectivity index (χ0v) is 10.5. The van der Waals surface area contributed by atoms with Crippen LogP contribution in [0.2, 0.25) is 0 Å². The van der Waals surface area contributed by atoms with Gasteiger partial charge in [-0.1, -0.05) is 12.1 Å². The SMILES string of the molecule is Cc1cc(N)cnc1N(C)Cc1cccc(F)c1. The Morgan fingerprint density at radius 3 is 2.78 bits per heavy atom. The number of rotatable bonds is 3. The molecule has 0 aliphatic rings. The lowest BCUT2D eigenvalue weighted by atomic mass is 10.2. The molecule has 0 saturated carbocycles. The molecule has 2 aromatic rings. The number of pyridine rings is 1. The highest BCUT2D eigenvalue weighted by atomic mass is 19.1. The summed E-state index contributed by atoms with van der Waals surface area (Å²) in [5, 5.41) is 0. The third-order valence-corrected chi connectivity index (χ3v) is 2.74. The van der Waals surface area contributed by atoms with Gasteiger partial charge in [-0.05, 0) is 36.2 Å². The molecule has 1 aromatic carbocycles. The Balaban J connectivity index is 2.19. The monoisotopic (exact) mass is 245 g/mol. The third kappa shape index (κ3) is 2.77. The molecule has 0 fully saturated rings. The Morgan fingerprint density at radius 2 is 2.11 bits per heavy atom. The van der Waals surface area contributed by atoms with Gasteiger partial charge in [0.05, 0.1) is 11.9 Å². The van der Waals surface area contributed by atoms with E-state index in [2.05, 4.69) is 4.98 Å². The third-order valence-electron chi connectivity index (χ3n) is 2.74. The maximum atomic E-state index is 13.1. The first-order valence-corrected chi connectivity index (χ1v) is 5.74. The van der Waals surface area contributed by atoms with E-state index in [4.69, 9.17) is 5.73 Å². The van der Waals surface area contributed by atoms with E-state index in [-0.39, 0.29) is 5.82 Å². The average Bonchev–Trinajstić information content (AvgIpc) is 2.28. The van der Waals surface area contributed by atoms with Crippen molar-refractivity contribution in [3.8, 4) is 0 Å². The van der Waals surface area contributed by atoms with Crippen LogP contribution >= 0.6 is 0 Å². The van der Waals surface area contributed by atoms with E-state index in [9.17, 15) is 4.39 Å². The van der Waals surface area contributed by atoms with Crippen molar-refractivity contribution in [1.29, 1.82) is 0 Å². The Morgan fingerprint density at radius 1 is 1.33 bits per heavy atom. The van der Waals surface area contributed by atoms with Crippen LogP contribution in [0.25, 0.3) is 0 Å². The van der Waals surface area contributed by atoms with Gasteiger partial charge in [0.2, 0.25) is 0 Å². The minimum Gasteiger partial charge on any atom is -0.397 e. The standard InChI is InChI=1S/C14H16FN3/c1-10-6-13(16)8-17-14(10)18(2)9-11-4-3-5-12(15)7-11/h3-8H,9,16H2,1-2H3. The number of aromatic nitrogens is 1. The minimum absolute atomic E-state index is 0.220. The van der Waals surface area contributed by atoms with E-state index in [1.54, 1.807) is 12.3 Å². The molecule has 4 heteroatoms. The van der Waals surface area contributed by atoms with Crippen LogP contribution in [0, 0.1) is 12.7 Å². The molecule has 0 aliphatic heterocycles. The Hall–Kier alpha value is -2.10. The van der Waals surface area contributed by atoms with E-state index < -0.39 is 0 Å². The zero-order valence-electron chi connectivity index (χ0n) is 10.5. The molecule has 2 rings (SSSR count). The number of nitrogens with zero attached hydrogens (tertiary/aromatic N) is 2. The quantitative estimate of drug-likeness (QED) is 0.904. The van der Waals surface area contributed by atoms with Gasteiger partial charge in [-0.3, -0.25) is 0 Å². The number of nitrogen functional groups attached to an aromatic ring is 1. The van der Waals surface area contributed by atoms with Crippen LogP contribution < -0.4 is 10.6 Å². The van der Waals surface area contributed by atoms with Crippen LogP contribution in [0.15, 0.2) is 36.5 Å². The van der Waals surface area contributed by atoms with Gasteiger partial charge in [0.1, 0.15) is 11.6 Å². The average molecular weight is 245 g/mol. The van der Waals surface area contributed by atoms with Gasteiger partial charge >= 0.3 is 0 Å². The molecular weight excluding hydrogens is 229 g/mol. The fourth-order valence-electron chi connectivity index (χ4n) is 1.97. The Labute approximate surface area is 106 Å². The number of hydrogen-bond donors (Lipinski definition) is 1. The van der Waals surface area contributed by atoms with Crippen molar-refractivity contribution in [2.75, 3.05) is 17.7 Å². The number of anilines is 2. The molecule has 2 N–H and O–H groups in total. The molecule has 0 amide bonds. The smallest absolute Gasteiger partial charge is 0.131 e. The fraction of sp³-hybridized carbons (Fsp3) is 0.214. The van der Waals surface area contributed by atoms with E-state index in [0.29, 0.717) is 12.2 Å². The maximum Gasteiger partial charge on any atom is 0.131 e. The molecular formula is C14H16FN3. The Bertz CT molecular complexity index is 554. The molecule has 3 nitrogen and oxygen atoms in total. The number of hydrogen-bond acceptors (Lipinski definition) is 3. The van der Waals surface area contributed by atoms with Crippen molar-refractivity contribution in [1.82, 2.24) is 4.98 Å². The summed E-state index contributed by atoms with van der Waals surface area (Å²) >= 11 is 0. The zero-order chi connectivity index (χ0) is 13.1. The molecule has 0 saturated heterocycles. The van der Waals surface area contributed by atoms with E-state index in [1.807, 2.05) is 31.0 Å². The highest BCUT2D eigenvalue weighted by Crippen LogP contribution is 2.19. The highest BCUT2D eigenvalue weighted by Gasteiger charge is 2.07. The molecule has 0 aliphatic carbocycles. The molecule has 0 unspecified atom stereocenters. The second-order valence-electron chi connectivity index (χ2n) is 4.40. The lowest BCUT2D eigenvalue weighted by Gasteiger charge is -2.20. The summed E-state index contributed by atoms with van der Waals surface area (Å²) in [4.78, 5) is 6.28. The first kappa shape index (κ1) is 12.4. The predicted molar refractivity (Wildman–Crippen MR) is 71.9 cm³/mol. The van der Waals surface area contributed by atoms with Crippen LogP contribution in [0.1, 0.15) is 11.1 Å². The summed E-state index contributed by atoms with van der Waals surface area (Å²) in [6, 6.07) is 8.46. The number of halogens is 1. The molecule has 0 atom stereocenters. The lowest BCUT2D eigenvalue weighted by molar-refractivity contribution is 0.625. The van der Waals surface area contributed by atoms with Crippen molar-refractivity contribution in [3.05, 3.63) is 53.5 Å². The molecule has 18 heavy (non-hydrogen) atoms. The van der Waals surface area contributed by atoms with Crippen molar-refractivity contribution >= 4 is 11.5 Å². The van der Waals surface area contributed by atoms with Crippen LogP contribution in [0.3, 0.4) is 0 Å². The first-order chi connectivity index (χ1) is 8.56. The van der Waals surface area contributed by atoms with Crippen LogP contribution in [-0.4, -0.2) is 12.0 Å². The van der Waals surface area contributed by atoms with Crippen molar-refractivity contribution in [3.63, 3.8) is 0 Å². The van der Waals surface area contributed by atoms with E-state index in [1.165, 1.54) is 12.1 Å². The molecule has 0 bridgehead atoms. The molecule has 0 spiro atoms. The van der Waals surface area contributed by atoms with Crippen LogP contribution in [0.4, 0.5) is 15.9 Å². The van der Waals surface area contributed by atoms with Gasteiger partial charge in [-0.25, -0.2) is 9.37 Å². The fourth-order valence-corrected chi connectivity index (χ4v) is 1.97. The number of nitrogens with two attached hydrogens (primary N) is 1. The summed E-state index contributed by atoms with van der Waals surface area (Å²) in [5.41, 5.74) is 8.24. The van der Waals surface area contributed by atoms with Gasteiger partial charge in [-0.2, -0.15) is 0 Å². The molecule has 1 heterocycles. The topological polar surface area (TPSA) is 42.1 Å². The molecule has 94 valence electrons. The first-order valence-electron chi connectivity index (χ1n) is 5.74. The summed E-state index contributed by atoms with van der Waals surface area (Å²) in [5.74, 6) is 0.636. The van der Waals surface area contributed by atoms with Crippen molar-refractivity contribution < 1.29 is 4.39 Å². The van der Waals surface area contributed by atoms with E-state index in [0.717, 1.165) is 16.9 Å². The van der Waals surface area contributed by atoms with Gasteiger partial charge in [0, 0.05) is 13.6 Å². The second kappa shape index (κ2) is 5.04. The molecule has 0 radical (unpaired) electrons. The summed E-state index contributed by atoms with van der Waals surface area (Å²) in [7, 11) is 1.93. The number of benzene rings is 1. The minimum atomic E-state index is -0.220. The van der Waals surface area contributed by atoms with Gasteiger partial charge in [0.25, 0.3) is 0 Å². The van der Waals surface area contributed by atoms with Gasteiger partial charge < -0.3 is 10.6 Å². The van der Waals surface area contributed by atoms with E-state index >= 15 is 0 Å². The largest absolute Gasteiger partial charge is 0.397 e. The Kier molecular flexibility index (Phi) is 3.46. The number of aryl methyl sites for hydroxylation is 1. The summed E-state index contributed by atoms with van der Waals surface area (Å²) in [6.45, 7) is 2.57. The van der Waals surface area contributed by atoms with Crippen molar-refractivity contribution in [2.45, 2.75) is 13.5 Å². The maximum absolute atomic E-state index is 13.1. The second-order valence-corrected chi connectivity index (χ2v) is 4.40. The van der Waals surface area contributed by atoms with Gasteiger partial charge in [-0.15, -0.1) is 0 Å². The lowest BCUT2D eigenvalue weighted by Crippen LogP contribution is -2.19. The predicted octanol–water partition coefficient (Wildman–Crippen LogP) is 2.75. The summed E-state index contributed by atoms with van der Waals surface area (Å²) in [6.07, 6.45) is 1.63. The van der Waals surface area contributed by atoms with Gasteiger partial charge in [0.15, 0.2) is 0 Å². The van der Waals surface area contributed by atoms with Crippen LogP contribution in [-0.2, 0) is 6.54 Å².